The third kappa shape index (κ3) is 3.87. The lowest BCUT2D eigenvalue weighted by Gasteiger charge is -2.24. The average molecular weight is 410 g/mol. The molecule has 1 aromatic rings. The van der Waals surface area contributed by atoms with Gasteiger partial charge in [-0.1, -0.05) is 37.3 Å². The molecule has 9 heteroatoms. The van der Waals surface area contributed by atoms with E-state index in [1.54, 1.807) is 6.07 Å². The van der Waals surface area contributed by atoms with Crippen molar-refractivity contribution in [2.24, 2.45) is 0 Å². The maximum absolute atomic E-state index is 12.9. The van der Waals surface area contributed by atoms with Crippen molar-refractivity contribution in [2.45, 2.75) is 44.1 Å². The number of methoxy groups -OCH3 is 2. The third-order valence-corrected chi connectivity index (χ3v) is 5.55. The molecule has 1 saturated heterocycles. The Morgan fingerprint density at radius 1 is 1.14 bits per heavy atom. The van der Waals surface area contributed by atoms with Gasteiger partial charge < -0.3 is 20.1 Å². The summed E-state index contributed by atoms with van der Waals surface area (Å²) in [6.07, 6.45) is 5.07. The Balaban J connectivity index is 1.72. The predicted octanol–water partition coefficient (Wildman–Crippen LogP) is 2.94. The summed E-state index contributed by atoms with van der Waals surface area (Å²) < 4.78 is 10.4. The molecule has 4 amide bonds. The van der Waals surface area contributed by atoms with Gasteiger partial charge in [-0.2, -0.15) is 0 Å². The van der Waals surface area contributed by atoms with E-state index < -0.39 is 17.5 Å². The lowest BCUT2D eigenvalue weighted by Crippen LogP contribution is -2.47. The number of hydrogen-bond donors (Lipinski definition) is 2. The van der Waals surface area contributed by atoms with Gasteiger partial charge in [-0.25, -0.2) is 4.79 Å². The Morgan fingerprint density at radius 3 is 2.39 bits per heavy atom. The zero-order valence-corrected chi connectivity index (χ0v) is 16.7. The van der Waals surface area contributed by atoms with Gasteiger partial charge in [0.2, 0.25) is 5.91 Å². The van der Waals surface area contributed by atoms with Crippen molar-refractivity contribution < 1.29 is 23.9 Å². The summed E-state index contributed by atoms with van der Waals surface area (Å²) in [5.41, 5.74) is -0.538. The van der Waals surface area contributed by atoms with Crippen LogP contribution >= 0.6 is 11.6 Å². The average Bonchev–Trinajstić information content (AvgIpc) is 2.83. The molecule has 2 fully saturated rings. The van der Waals surface area contributed by atoms with Crippen LogP contribution in [0.2, 0.25) is 5.02 Å². The molecule has 0 bridgehead atoms. The first-order chi connectivity index (χ1) is 13.4. The minimum Gasteiger partial charge on any atom is -0.495 e. The Bertz CT molecular complexity index is 790. The van der Waals surface area contributed by atoms with Crippen LogP contribution in [-0.4, -0.2) is 49.0 Å². The van der Waals surface area contributed by atoms with Crippen LogP contribution in [0.3, 0.4) is 0 Å². The van der Waals surface area contributed by atoms with E-state index in [9.17, 15) is 14.4 Å². The number of anilines is 1. The van der Waals surface area contributed by atoms with Gasteiger partial charge in [0.15, 0.2) is 0 Å². The number of rotatable bonds is 5. The molecule has 0 unspecified atom stereocenters. The highest BCUT2D eigenvalue weighted by Gasteiger charge is 2.51. The van der Waals surface area contributed by atoms with Crippen LogP contribution in [0, 0.1) is 0 Å². The first-order valence-electron chi connectivity index (χ1n) is 9.25. The molecule has 1 aliphatic heterocycles. The van der Waals surface area contributed by atoms with E-state index in [4.69, 9.17) is 21.1 Å². The summed E-state index contributed by atoms with van der Waals surface area (Å²) in [4.78, 5) is 38.8. The van der Waals surface area contributed by atoms with E-state index in [1.165, 1.54) is 20.3 Å². The number of carbonyl (C=O) groups is 3. The molecule has 0 atom stereocenters. The predicted molar refractivity (Wildman–Crippen MR) is 104 cm³/mol. The van der Waals surface area contributed by atoms with Gasteiger partial charge in [0.1, 0.15) is 23.6 Å². The summed E-state index contributed by atoms with van der Waals surface area (Å²) in [5, 5.41) is 5.76. The second-order valence-electron chi connectivity index (χ2n) is 7.05. The fourth-order valence-electron chi connectivity index (χ4n) is 3.78. The van der Waals surface area contributed by atoms with Gasteiger partial charge >= 0.3 is 6.03 Å². The normalized spacial score (nSPS) is 18.6. The quantitative estimate of drug-likeness (QED) is 0.729. The molecule has 1 aromatic carbocycles. The minimum atomic E-state index is -0.866. The van der Waals surface area contributed by atoms with E-state index in [1.807, 2.05) is 0 Å². The zero-order chi connectivity index (χ0) is 20.3. The maximum Gasteiger partial charge on any atom is 0.325 e. The number of carbonyl (C=O) groups excluding carboxylic acids is 3. The molecule has 3 rings (SSSR count). The van der Waals surface area contributed by atoms with Crippen molar-refractivity contribution in [2.75, 3.05) is 26.1 Å². The van der Waals surface area contributed by atoms with Crippen LogP contribution < -0.4 is 20.1 Å². The highest BCUT2D eigenvalue weighted by atomic mass is 35.5. The topological polar surface area (TPSA) is 97.0 Å². The summed E-state index contributed by atoms with van der Waals surface area (Å²) >= 11 is 6.11. The Hall–Kier alpha value is -2.48. The Morgan fingerprint density at radius 2 is 1.79 bits per heavy atom. The highest BCUT2D eigenvalue weighted by Crippen LogP contribution is 2.36. The Labute approximate surface area is 168 Å². The fraction of sp³-hybridized carbons (Fsp3) is 0.526. The minimum absolute atomic E-state index is 0.297. The van der Waals surface area contributed by atoms with Gasteiger partial charge in [0.25, 0.3) is 5.91 Å². The van der Waals surface area contributed by atoms with Crippen molar-refractivity contribution in [1.82, 2.24) is 10.2 Å². The van der Waals surface area contributed by atoms with E-state index in [2.05, 4.69) is 10.6 Å². The number of amides is 4. The van der Waals surface area contributed by atoms with Gasteiger partial charge in [-0.15, -0.1) is 0 Å². The fourth-order valence-corrected chi connectivity index (χ4v) is 4.02. The Kier molecular flexibility index (Phi) is 5.98. The van der Waals surface area contributed by atoms with E-state index in [-0.39, 0.29) is 12.5 Å². The molecular formula is C19H24ClN3O5. The van der Waals surface area contributed by atoms with Crippen LogP contribution in [0.4, 0.5) is 10.5 Å². The molecule has 0 aromatic heterocycles. The van der Waals surface area contributed by atoms with Crippen LogP contribution in [0.25, 0.3) is 0 Å². The monoisotopic (exact) mass is 409 g/mol. The van der Waals surface area contributed by atoms with Crippen LogP contribution in [-0.2, 0) is 9.59 Å². The summed E-state index contributed by atoms with van der Waals surface area (Å²) in [6, 6.07) is 2.52. The molecule has 28 heavy (non-hydrogen) atoms. The zero-order valence-electron chi connectivity index (χ0n) is 16.0. The van der Waals surface area contributed by atoms with E-state index >= 15 is 0 Å². The van der Waals surface area contributed by atoms with Crippen LogP contribution in [0.15, 0.2) is 12.1 Å². The highest BCUT2D eigenvalue weighted by molar-refractivity contribution is 6.32. The molecule has 1 heterocycles. The third-order valence-electron chi connectivity index (χ3n) is 5.25. The van der Waals surface area contributed by atoms with Crippen molar-refractivity contribution in [1.29, 1.82) is 0 Å². The number of hydrogen-bond acceptors (Lipinski definition) is 5. The largest absolute Gasteiger partial charge is 0.495 e. The number of nitrogens with zero attached hydrogens (tertiary/aromatic N) is 1. The smallest absolute Gasteiger partial charge is 0.325 e. The molecule has 2 aliphatic rings. The van der Waals surface area contributed by atoms with Crippen molar-refractivity contribution >= 4 is 35.1 Å². The van der Waals surface area contributed by atoms with E-state index in [0.29, 0.717) is 35.1 Å². The maximum atomic E-state index is 12.9. The molecular weight excluding hydrogens is 386 g/mol. The van der Waals surface area contributed by atoms with Crippen molar-refractivity contribution in [3.05, 3.63) is 17.2 Å². The first kappa shape index (κ1) is 20.3. The molecule has 152 valence electrons. The van der Waals surface area contributed by atoms with Gasteiger partial charge in [-0.05, 0) is 18.9 Å². The lowest BCUT2D eigenvalue weighted by molar-refractivity contribution is -0.134. The van der Waals surface area contributed by atoms with Gasteiger partial charge in [0, 0.05) is 6.07 Å². The second kappa shape index (κ2) is 8.26. The van der Waals surface area contributed by atoms with Crippen LogP contribution in [0.1, 0.15) is 38.5 Å². The van der Waals surface area contributed by atoms with Crippen molar-refractivity contribution in [3.63, 3.8) is 0 Å². The van der Waals surface area contributed by atoms with Crippen LogP contribution in [0.5, 0.6) is 11.5 Å². The number of halogens is 1. The number of ether oxygens (including phenoxy) is 2. The van der Waals surface area contributed by atoms with Gasteiger partial charge in [0.05, 0.1) is 24.9 Å². The molecule has 1 spiro atoms. The van der Waals surface area contributed by atoms with E-state index in [0.717, 1.165) is 30.6 Å². The summed E-state index contributed by atoms with van der Waals surface area (Å²) in [6.45, 7) is -0.376. The SMILES string of the molecule is COc1cc(OC)c(NC(=O)CN2C(=O)NC3(CCCCCC3)C2=O)cc1Cl. The summed E-state index contributed by atoms with van der Waals surface area (Å²) in [7, 11) is 2.92. The number of imide groups is 1. The molecule has 2 N–H and O–H groups in total. The summed E-state index contributed by atoms with van der Waals surface area (Å²) in [5.74, 6) is -0.0871. The number of urea groups is 1. The molecule has 0 radical (unpaired) electrons. The first-order valence-corrected chi connectivity index (χ1v) is 9.63. The standard InChI is InChI=1S/C19H24ClN3O5/c1-27-14-10-15(28-2)13(9-12(14)20)21-16(24)11-23-17(25)19(22-18(23)26)7-5-3-4-6-8-19/h9-10H,3-8,11H2,1-2H3,(H,21,24)(H,22,26). The van der Waals surface area contributed by atoms with Gasteiger partial charge in [-0.3, -0.25) is 14.5 Å². The second-order valence-corrected chi connectivity index (χ2v) is 7.46. The number of benzene rings is 1. The van der Waals surface area contributed by atoms with Crippen molar-refractivity contribution in [3.8, 4) is 11.5 Å². The molecule has 1 aliphatic carbocycles. The molecule has 1 saturated carbocycles. The molecule has 8 nitrogen and oxygen atoms in total. The number of nitrogens with one attached hydrogen (secondary N) is 2. The lowest BCUT2D eigenvalue weighted by atomic mass is 9.90.